The first-order chi connectivity index (χ1) is 6.15. The molecule has 0 aliphatic carbocycles. The second-order valence-corrected chi connectivity index (χ2v) is 2.59. The third-order valence-electron chi connectivity index (χ3n) is 1.74. The van der Waals surface area contributed by atoms with E-state index in [2.05, 4.69) is 4.74 Å². The van der Waals surface area contributed by atoms with Gasteiger partial charge in [-0.2, -0.15) is 8.78 Å². The predicted molar refractivity (Wildman–Crippen MR) is 43.7 cm³/mol. The highest BCUT2D eigenvalue weighted by atomic mass is 19.3. The zero-order chi connectivity index (χ0) is 9.84. The van der Waals surface area contributed by atoms with Crippen molar-refractivity contribution in [3.05, 3.63) is 29.3 Å². The van der Waals surface area contributed by atoms with E-state index in [-0.39, 0.29) is 12.4 Å². The molecule has 13 heavy (non-hydrogen) atoms. The van der Waals surface area contributed by atoms with Crippen molar-refractivity contribution < 1.29 is 18.6 Å². The van der Waals surface area contributed by atoms with Crippen LogP contribution in [0.1, 0.15) is 11.1 Å². The zero-order valence-electron chi connectivity index (χ0n) is 7.13. The first-order valence-electron chi connectivity index (χ1n) is 3.79. The smallest absolute Gasteiger partial charge is 0.387 e. The Hall–Kier alpha value is -1.16. The third-order valence-corrected chi connectivity index (χ3v) is 1.74. The van der Waals surface area contributed by atoms with Crippen molar-refractivity contribution in [1.82, 2.24) is 0 Å². The molecule has 0 aliphatic heterocycles. The number of hydrogen-bond donors (Lipinski definition) is 1. The number of aliphatic hydroxyl groups excluding tert-OH is 1. The monoisotopic (exact) mass is 188 g/mol. The van der Waals surface area contributed by atoms with Gasteiger partial charge in [-0.1, -0.05) is 12.1 Å². The molecule has 0 aliphatic rings. The first kappa shape index (κ1) is 9.92. The second-order valence-electron chi connectivity index (χ2n) is 2.59. The average Bonchev–Trinajstić information content (AvgIpc) is 2.03. The molecular formula is C9H10F2O2. The number of ether oxygens (including phenoxy) is 1. The number of aliphatic hydroxyl groups is 1. The molecule has 0 saturated heterocycles. The molecule has 0 saturated carbocycles. The molecule has 0 unspecified atom stereocenters. The summed E-state index contributed by atoms with van der Waals surface area (Å²) in [6.45, 7) is -1.43. The van der Waals surface area contributed by atoms with Gasteiger partial charge < -0.3 is 9.84 Å². The highest BCUT2D eigenvalue weighted by Gasteiger charge is 2.09. The molecule has 0 bridgehead atoms. The van der Waals surface area contributed by atoms with E-state index in [1.54, 1.807) is 19.1 Å². The number of rotatable bonds is 3. The molecule has 0 aromatic heterocycles. The molecule has 4 heteroatoms. The summed E-state index contributed by atoms with van der Waals surface area (Å²) < 4.78 is 28.0. The first-order valence-corrected chi connectivity index (χ1v) is 3.79. The summed E-state index contributed by atoms with van der Waals surface area (Å²) >= 11 is 0. The van der Waals surface area contributed by atoms with Crippen LogP contribution >= 0.6 is 0 Å². The predicted octanol–water partition coefficient (Wildman–Crippen LogP) is 2.09. The van der Waals surface area contributed by atoms with E-state index in [4.69, 9.17) is 5.11 Å². The fourth-order valence-electron chi connectivity index (χ4n) is 1.08. The fraction of sp³-hybridized carbons (Fsp3) is 0.333. The van der Waals surface area contributed by atoms with Crippen LogP contribution in [0.25, 0.3) is 0 Å². The lowest BCUT2D eigenvalue weighted by Crippen LogP contribution is -2.05. The van der Waals surface area contributed by atoms with Crippen LogP contribution in [0.2, 0.25) is 0 Å². The van der Waals surface area contributed by atoms with Crippen molar-refractivity contribution in [2.45, 2.75) is 20.1 Å². The Morgan fingerprint density at radius 2 is 2.15 bits per heavy atom. The highest BCUT2D eigenvalue weighted by Crippen LogP contribution is 2.23. The number of benzene rings is 1. The van der Waals surface area contributed by atoms with E-state index in [1.165, 1.54) is 6.07 Å². The van der Waals surface area contributed by atoms with Gasteiger partial charge in [-0.25, -0.2) is 0 Å². The summed E-state index contributed by atoms with van der Waals surface area (Å²) in [6.07, 6.45) is 0. The largest absolute Gasteiger partial charge is 0.434 e. The Kier molecular flexibility index (Phi) is 3.19. The fourth-order valence-corrected chi connectivity index (χ4v) is 1.08. The van der Waals surface area contributed by atoms with E-state index in [9.17, 15) is 8.78 Å². The topological polar surface area (TPSA) is 29.5 Å². The van der Waals surface area contributed by atoms with Crippen LogP contribution in [0.5, 0.6) is 5.75 Å². The maximum atomic E-state index is 11.9. The van der Waals surface area contributed by atoms with Crippen molar-refractivity contribution in [3.63, 3.8) is 0 Å². The molecule has 0 fully saturated rings. The summed E-state index contributed by atoms with van der Waals surface area (Å²) in [5.74, 6) is 0.0394. The summed E-state index contributed by atoms with van der Waals surface area (Å²) in [4.78, 5) is 0. The van der Waals surface area contributed by atoms with Gasteiger partial charge in [0.1, 0.15) is 5.75 Å². The molecule has 1 aromatic rings. The average molecular weight is 188 g/mol. The van der Waals surface area contributed by atoms with E-state index in [0.29, 0.717) is 5.56 Å². The molecule has 0 amide bonds. The van der Waals surface area contributed by atoms with Crippen molar-refractivity contribution in [2.24, 2.45) is 0 Å². The summed E-state index contributed by atoms with van der Waals surface area (Å²) in [6, 6.07) is 4.74. The molecule has 2 nitrogen and oxygen atoms in total. The molecule has 1 aromatic carbocycles. The lowest BCUT2D eigenvalue weighted by molar-refractivity contribution is -0.0509. The normalized spacial score (nSPS) is 10.5. The van der Waals surface area contributed by atoms with Crippen molar-refractivity contribution >= 4 is 0 Å². The molecular weight excluding hydrogens is 178 g/mol. The number of alkyl halides is 2. The van der Waals surface area contributed by atoms with E-state index >= 15 is 0 Å². The lowest BCUT2D eigenvalue weighted by Gasteiger charge is -2.10. The molecule has 0 heterocycles. The summed E-state index contributed by atoms with van der Waals surface area (Å²) in [7, 11) is 0. The quantitative estimate of drug-likeness (QED) is 0.786. The minimum absolute atomic E-state index is 0.0394. The van der Waals surface area contributed by atoms with Crippen LogP contribution in [0, 0.1) is 6.92 Å². The Morgan fingerprint density at radius 3 is 2.69 bits per heavy atom. The maximum absolute atomic E-state index is 11.9. The summed E-state index contributed by atoms with van der Waals surface area (Å²) in [5.41, 5.74) is 1.14. The second kappa shape index (κ2) is 4.18. The zero-order valence-corrected chi connectivity index (χ0v) is 7.13. The van der Waals surface area contributed by atoms with Crippen LogP contribution < -0.4 is 4.74 Å². The van der Waals surface area contributed by atoms with Crippen molar-refractivity contribution in [2.75, 3.05) is 0 Å². The van der Waals surface area contributed by atoms with Crippen LogP contribution in [-0.2, 0) is 6.61 Å². The van der Waals surface area contributed by atoms with Gasteiger partial charge in [0.2, 0.25) is 0 Å². The van der Waals surface area contributed by atoms with Gasteiger partial charge in [0, 0.05) is 5.56 Å². The van der Waals surface area contributed by atoms with Gasteiger partial charge in [0.25, 0.3) is 0 Å². The van der Waals surface area contributed by atoms with Gasteiger partial charge in [0.05, 0.1) is 6.61 Å². The van der Waals surface area contributed by atoms with Gasteiger partial charge in [-0.05, 0) is 18.6 Å². The van der Waals surface area contributed by atoms with E-state index < -0.39 is 6.61 Å². The Bertz CT molecular complexity index is 287. The third kappa shape index (κ3) is 2.39. The molecule has 1 rings (SSSR count). The van der Waals surface area contributed by atoms with Crippen LogP contribution in [-0.4, -0.2) is 11.7 Å². The van der Waals surface area contributed by atoms with Crippen LogP contribution in [0.15, 0.2) is 18.2 Å². The van der Waals surface area contributed by atoms with Gasteiger partial charge in [0.15, 0.2) is 0 Å². The minimum atomic E-state index is -2.85. The molecule has 0 radical (unpaired) electrons. The minimum Gasteiger partial charge on any atom is -0.434 e. The Balaban J connectivity index is 2.98. The van der Waals surface area contributed by atoms with Crippen LogP contribution in [0.4, 0.5) is 8.78 Å². The van der Waals surface area contributed by atoms with E-state index in [0.717, 1.165) is 5.56 Å². The van der Waals surface area contributed by atoms with E-state index in [1.807, 2.05) is 0 Å². The highest BCUT2D eigenvalue weighted by molar-refractivity contribution is 5.38. The Labute approximate surface area is 74.8 Å². The van der Waals surface area contributed by atoms with Crippen molar-refractivity contribution in [1.29, 1.82) is 0 Å². The lowest BCUT2D eigenvalue weighted by atomic mass is 10.1. The Morgan fingerprint density at radius 1 is 1.46 bits per heavy atom. The molecule has 1 N–H and O–H groups in total. The van der Waals surface area contributed by atoms with Crippen LogP contribution in [0.3, 0.4) is 0 Å². The molecule has 0 atom stereocenters. The van der Waals surface area contributed by atoms with Gasteiger partial charge in [-0.15, -0.1) is 0 Å². The maximum Gasteiger partial charge on any atom is 0.387 e. The SMILES string of the molecule is Cc1cccc(OC(F)F)c1CO. The number of halogens is 2. The molecule has 0 spiro atoms. The van der Waals surface area contributed by atoms with Crippen molar-refractivity contribution in [3.8, 4) is 5.75 Å². The number of aryl methyl sites for hydroxylation is 1. The molecule has 72 valence electrons. The summed E-state index contributed by atoms with van der Waals surface area (Å²) in [5, 5.41) is 8.89. The van der Waals surface area contributed by atoms with Gasteiger partial charge >= 0.3 is 6.61 Å². The van der Waals surface area contributed by atoms with Gasteiger partial charge in [-0.3, -0.25) is 0 Å². The standard InChI is InChI=1S/C9H10F2O2/c1-6-3-2-4-8(7(6)5-12)13-9(10)11/h2-4,9,12H,5H2,1H3. The number of hydrogen-bond acceptors (Lipinski definition) is 2.